The van der Waals surface area contributed by atoms with Gasteiger partial charge in [0.25, 0.3) is 0 Å². The van der Waals surface area contributed by atoms with Crippen LogP contribution in [0.15, 0.2) is 0 Å². The molecule has 1 aliphatic rings. The Morgan fingerprint density at radius 3 is 2.56 bits per heavy atom. The zero-order valence-corrected chi connectivity index (χ0v) is 11.0. The minimum atomic E-state index is -0.685. The smallest absolute Gasteiger partial charge is 0.102 e. The minimum Gasteiger partial charge on any atom is -0.314 e. The zero-order valence-electron chi connectivity index (χ0n) is 11.0. The zero-order chi connectivity index (χ0) is 12.3. The van der Waals surface area contributed by atoms with Crippen molar-refractivity contribution in [2.24, 2.45) is 17.6 Å². The standard InChI is InChI=1S/C13H25N3/c1-10(2)12-5-6-16(8-12)11(3)7-13(4,15)9-14/h10-12H,5-8,15H2,1-4H3. The normalized spacial score (nSPS) is 27.7. The van der Waals surface area contributed by atoms with Crippen LogP contribution in [0.2, 0.25) is 0 Å². The molecule has 3 atom stereocenters. The second kappa shape index (κ2) is 5.16. The maximum absolute atomic E-state index is 8.93. The highest BCUT2D eigenvalue weighted by atomic mass is 15.2. The fraction of sp³-hybridized carbons (Fsp3) is 0.923. The van der Waals surface area contributed by atoms with Gasteiger partial charge in [0.05, 0.1) is 6.07 Å². The molecule has 1 saturated heterocycles. The molecule has 3 nitrogen and oxygen atoms in total. The summed E-state index contributed by atoms with van der Waals surface area (Å²) in [7, 11) is 0. The van der Waals surface area contributed by atoms with Crippen molar-refractivity contribution < 1.29 is 0 Å². The molecular weight excluding hydrogens is 198 g/mol. The highest BCUT2D eigenvalue weighted by Crippen LogP contribution is 2.26. The highest BCUT2D eigenvalue weighted by Gasteiger charge is 2.31. The molecule has 3 unspecified atom stereocenters. The van der Waals surface area contributed by atoms with Crippen LogP contribution in [-0.4, -0.2) is 29.6 Å². The molecule has 1 rings (SSSR count). The Bertz CT molecular complexity index is 265. The summed E-state index contributed by atoms with van der Waals surface area (Å²) in [5, 5.41) is 8.93. The Labute approximate surface area is 99.6 Å². The van der Waals surface area contributed by atoms with Crippen LogP contribution in [0.5, 0.6) is 0 Å². The van der Waals surface area contributed by atoms with Crippen LogP contribution in [0, 0.1) is 23.2 Å². The third kappa shape index (κ3) is 3.47. The number of hydrogen-bond donors (Lipinski definition) is 1. The Kier molecular flexibility index (Phi) is 4.35. The molecule has 0 aromatic heterocycles. The Morgan fingerprint density at radius 1 is 1.50 bits per heavy atom. The molecule has 1 heterocycles. The van der Waals surface area contributed by atoms with Crippen LogP contribution in [0.4, 0.5) is 0 Å². The molecule has 3 heteroatoms. The third-order valence-corrected chi connectivity index (χ3v) is 3.80. The quantitative estimate of drug-likeness (QED) is 0.793. The molecule has 0 saturated carbocycles. The molecule has 0 aliphatic carbocycles. The molecule has 2 N–H and O–H groups in total. The number of rotatable bonds is 4. The Balaban J connectivity index is 2.46. The second-order valence-electron chi connectivity index (χ2n) is 5.87. The van der Waals surface area contributed by atoms with Crippen molar-refractivity contribution in [1.82, 2.24) is 4.90 Å². The largest absolute Gasteiger partial charge is 0.314 e. The Morgan fingerprint density at radius 2 is 2.12 bits per heavy atom. The third-order valence-electron chi connectivity index (χ3n) is 3.80. The van der Waals surface area contributed by atoms with E-state index in [2.05, 4.69) is 31.7 Å². The molecule has 0 amide bonds. The lowest BCUT2D eigenvalue weighted by atomic mass is 9.94. The van der Waals surface area contributed by atoms with E-state index in [4.69, 9.17) is 11.0 Å². The topological polar surface area (TPSA) is 53.0 Å². The monoisotopic (exact) mass is 223 g/mol. The predicted molar refractivity (Wildman–Crippen MR) is 66.8 cm³/mol. The van der Waals surface area contributed by atoms with E-state index in [0.29, 0.717) is 6.04 Å². The van der Waals surface area contributed by atoms with Crippen molar-refractivity contribution in [3.05, 3.63) is 0 Å². The van der Waals surface area contributed by atoms with E-state index in [-0.39, 0.29) is 0 Å². The summed E-state index contributed by atoms with van der Waals surface area (Å²) < 4.78 is 0. The van der Waals surface area contributed by atoms with Crippen molar-refractivity contribution in [3.63, 3.8) is 0 Å². The molecule has 0 aromatic rings. The SMILES string of the molecule is CC(C)C1CCN(C(C)CC(C)(N)C#N)C1. The van der Waals surface area contributed by atoms with Gasteiger partial charge in [0.1, 0.15) is 5.54 Å². The summed E-state index contributed by atoms with van der Waals surface area (Å²) in [5.41, 5.74) is 5.21. The van der Waals surface area contributed by atoms with E-state index in [9.17, 15) is 0 Å². The molecule has 1 aliphatic heterocycles. The average Bonchev–Trinajstić information content (AvgIpc) is 2.66. The lowest BCUT2D eigenvalue weighted by Crippen LogP contribution is -2.43. The van der Waals surface area contributed by atoms with Crippen LogP contribution >= 0.6 is 0 Å². The van der Waals surface area contributed by atoms with E-state index in [1.807, 2.05) is 6.92 Å². The first-order valence-corrected chi connectivity index (χ1v) is 6.30. The van der Waals surface area contributed by atoms with Crippen LogP contribution < -0.4 is 5.73 Å². The number of nitrogens with zero attached hydrogens (tertiary/aromatic N) is 2. The molecule has 92 valence electrons. The van der Waals surface area contributed by atoms with E-state index >= 15 is 0 Å². The fourth-order valence-corrected chi connectivity index (χ4v) is 2.55. The van der Waals surface area contributed by atoms with Crippen molar-refractivity contribution in [2.45, 2.75) is 52.1 Å². The van der Waals surface area contributed by atoms with Crippen molar-refractivity contribution in [3.8, 4) is 6.07 Å². The summed E-state index contributed by atoms with van der Waals surface area (Å²) >= 11 is 0. The van der Waals surface area contributed by atoms with E-state index < -0.39 is 5.54 Å². The van der Waals surface area contributed by atoms with Crippen LogP contribution in [0.25, 0.3) is 0 Å². The van der Waals surface area contributed by atoms with Crippen molar-refractivity contribution in [2.75, 3.05) is 13.1 Å². The van der Waals surface area contributed by atoms with E-state index in [1.54, 1.807) is 0 Å². The first-order chi connectivity index (χ1) is 7.35. The lowest BCUT2D eigenvalue weighted by Gasteiger charge is -2.29. The van der Waals surface area contributed by atoms with Gasteiger partial charge in [-0.15, -0.1) is 0 Å². The maximum atomic E-state index is 8.93. The first kappa shape index (κ1) is 13.5. The molecular formula is C13H25N3. The van der Waals surface area contributed by atoms with Gasteiger partial charge in [0.2, 0.25) is 0 Å². The Hall–Kier alpha value is -0.590. The van der Waals surface area contributed by atoms with Gasteiger partial charge in [-0.3, -0.25) is 0 Å². The van der Waals surface area contributed by atoms with Gasteiger partial charge >= 0.3 is 0 Å². The molecule has 0 spiro atoms. The predicted octanol–water partition coefficient (Wildman–Crippen LogP) is 1.98. The summed E-state index contributed by atoms with van der Waals surface area (Å²) in [6.45, 7) is 10.9. The van der Waals surface area contributed by atoms with Gasteiger partial charge in [-0.1, -0.05) is 13.8 Å². The molecule has 0 radical (unpaired) electrons. The van der Waals surface area contributed by atoms with Crippen molar-refractivity contribution in [1.29, 1.82) is 5.26 Å². The van der Waals surface area contributed by atoms with Gasteiger partial charge in [-0.05, 0) is 45.1 Å². The first-order valence-electron chi connectivity index (χ1n) is 6.30. The van der Waals surface area contributed by atoms with Gasteiger partial charge < -0.3 is 10.6 Å². The lowest BCUT2D eigenvalue weighted by molar-refractivity contribution is 0.211. The molecule has 1 fully saturated rings. The summed E-state index contributed by atoms with van der Waals surface area (Å²) in [5.74, 6) is 1.57. The summed E-state index contributed by atoms with van der Waals surface area (Å²) in [4.78, 5) is 2.48. The van der Waals surface area contributed by atoms with Crippen molar-refractivity contribution >= 4 is 0 Å². The average molecular weight is 223 g/mol. The fourth-order valence-electron chi connectivity index (χ4n) is 2.55. The van der Waals surface area contributed by atoms with Gasteiger partial charge in [0, 0.05) is 12.6 Å². The number of likely N-dealkylation sites (tertiary alicyclic amines) is 1. The van der Waals surface area contributed by atoms with Crippen LogP contribution in [0.3, 0.4) is 0 Å². The van der Waals surface area contributed by atoms with E-state index in [0.717, 1.165) is 24.8 Å². The van der Waals surface area contributed by atoms with Gasteiger partial charge in [-0.25, -0.2) is 0 Å². The second-order valence-corrected chi connectivity index (χ2v) is 5.87. The molecule has 0 aromatic carbocycles. The van der Waals surface area contributed by atoms with Crippen LogP contribution in [0.1, 0.15) is 40.5 Å². The van der Waals surface area contributed by atoms with Crippen LogP contribution in [-0.2, 0) is 0 Å². The number of nitriles is 1. The number of hydrogen-bond acceptors (Lipinski definition) is 3. The summed E-state index contributed by atoms with van der Waals surface area (Å²) in [6, 6.07) is 2.60. The van der Waals surface area contributed by atoms with E-state index in [1.165, 1.54) is 13.0 Å². The molecule has 16 heavy (non-hydrogen) atoms. The number of nitrogens with two attached hydrogens (primary N) is 1. The highest BCUT2D eigenvalue weighted by molar-refractivity contribution is 5.03. The van der Waals surface area contributed by atoms with Gasteiger partial charge in [0.15, 0.2) is 0 Å². The molecule has 0 bridgehead atoms. The van der Waals surface area contributed by atoms with Gasteiger partial charge in [-0.2, -0.15) is 5.26 Å². The maximum Gasteiger partial charge on any atom is 0.102 e. The minimum absolute atomic E-state index is 0.415. The summed E-state index contributed by atoms with van der Waals surface area (Å²) in [6.07, 6.45) is 2.05.